The first-order chi connectivity index (χ1) is 25.3. The summed E-state index contributed by atoms with van der Waals surface area (Å²) >= 11 is 1.48. The van der Waals surface area contributed by atoms with Crippen LogP contribution in [0.2, 0.25) is 0 Å². The quantitative estimate of drug-likeness (QED) is 0.0897. The molecule has 0 aliphatic carbocycles. The Morgan fingerprint density at radius 2 is 1.65 bits per heavy atom. The van der Waals surface area contributed by atoms with Crippen molar-refractivity contribution in [1.29, 1.82) is 0 Å². The van der Waals surface area contributed by atoms with Gasteiger partial charge in [-0.3, -0.25) is 4.79 Å². The highest BCUT2D eigenvalue weighted by molar-refractivity contribution is 7.99. The Labute approximate surface area is 305 Å². The largest absolute Gasteiger partial charge is 0.508 e. The van der Waals surface area contributed by atoms with Crippen molar-refractivity contribution in [2.75, 3.05) is 18.9 Å². The third kappa shape index (κ3) is 9.14. The number of carbonyl (C=O) groups excluding carboxylic acids is 2. The van der Waals surface area contributed by atoms with Gasteiger partial charge in [0.1, 0.15) is 12.3 Å². The van der Waals surface area contributed by atoms with Gasteiger partial charge in [-0.15, -0.1) is 5.10 Å². The van der Waals surface area contributed by atoms with E-state index in [9.17, 15) is 19.8 Å². The number of aromatic hydroxyl groups is 1. The predicted molar refractivity (Wildman–Crippen MR) is 193 cm³/mol. The average Bonchev–Trinajstić information content (AvgIpc) is 3.65. The summed E-state index contributed by atoms with van der Waals surface area (Å²) in [4.78, 5) is 23.7. The van der Waals surface area contributed by atoms with Crippen molar-refractivity contribution in [3.8, 4) is 22.6 Å². The number of aliphatic hydroxyl groups excluding tert-OH is 1. The van der Waals surface area contributed by atoms with E-state index in [2.05, 4.69) is 33.1 Å². The standard InChI is InChI=1S/C38H40N6O7S/c1-3-49-34(47)21-40-37(48)39-20-26-5-4-6-30(19-26)27-11-13-29(14-12-27)36-50-33(24(2)35(51-36)28-9-7-25(22-45)8-10-28)23-52-38-41-42-43-44(38)31-15-17-32(46)18-16-31/h4-19,24,33,35-36,45-46H,3,20-23H2,1-2H3,(H2,39,40,48)/t24-,33+,35+,36+/m0/s1. The van der Waals surface area contributed by atoms with Crippen LogP contribution in [0, 0.1) is 5.92 Å². The van der Waals surface area contributed by atoms with E-state index in [1.807, 2.05) is 72.8 Å². The van der Waals surface area contributed by atoms with Crippen LogP contribution in [0.1, 0.15) is 48.5 Å². The minimum atomic E-state index is -0.657. The van der Waals surface area contributed by atoms with Crippen molar-refractivity contribution in [3.05, 3.63) is 119 Å². The zero-order chi connectivity index (χ0) is 36.5. The fourth-order valence-electron chi connectivity index (χ4n) is 5.79. The van der Waals surface area contributed by atoms with E-state index in [-0.39, 0.29) is 50.2 Å². The zero-order valence-corrected chi connectivity index (χ0v) is 29.5. The van der Waals surface area contributed by atoms with Gasteiger partial charge in [0, 0.05) is 23.8 Å². The molecule has 1 saturated heterocycles. The first kappa shape index (κ1) is 36.5. The summed E-state index contributed by atoms with van der Waals surface area (Å²) in [7, 11) is 0. The lowest BCUT2D eigenvalue weighted by atomic mass is 9.91. The van der Waals surface area contributed by atoms with Gasteiger partial charge in [-0.2, -0.15) is 4.68 Å². The third-order valence-corrected chi connectivity index (χ3v) is 9.64. The summed E-state index contributed by atoms with van der Waals surface area (Å²) < 4.78 is 19.7. The van der Waals surface area contributed by atoms with Crippen LogP contribution in [0.15, 0.2) is 102 Å². The highest BCUT2D eigenvalue weighted by Gasteiger charge is 2.38. The first-order valence-corrected chi connectivity index (χ1v) is 17.9. The number of nitrogens with zero attached hydrogens (tertiary/aromatic N) is 4. The molecule has 4 atom stereocenters. The minimum Gasteiger partial charge on any atom is -0.508 e. The SMILES string of the molecule is CCOC(=O)CNC(=O)NCc1cccc(-c2ccc([C@@H]3O[C@H](CSc4nnnn4-c4ccc(O)cc4)[C@H](C)[C@H](c4ccc(CO)cc4)O3)cc2)c1. The number of hydrogen-bond donors (Lipinski definition) is 4. The highest BCUT2D eigenvalue weighted by Crippen LogP contribution is 2.43. The number of benzene rings is 4. The molecule has 1 fully saturated rings. The lowest BCUT2D eigenvalue weighted by molar-refractivity contribution is -0.268. The molecular formula is C38H40N6O7S. The number of urea groups is 1. The van der Waals surface area contributed by atoms with Gasteiger partial charge >= 0.3 is 12.0 Å². The molecule has 0 bridgehead atoms. The van der Waals surface area contributed by atoms with Gasteiger partial charge in [0.2, 0.25) is 5.16 Å². The van der Waals surface area contributed by atoms with Crippen LogP contribution in [0.4, 0.5) is 4.79 Å². The topological polar surface area (TPSA) is 170 Å². The lowest BCUT2D eigenvalue weighted by Gasteiger charge is -2.41. The van der Waals surface area contributed by atoms with E-state index in [1.54, 1.807) is 35.9 Å². The van der Waals surface area contributed by atoms with Crippen molar-refractivity contribution in [1.82, 2.24) is 30.8 Å². The Bertz CT molecular complexity index is 1940. The first-order valence-electron chi connectivity index (χ1n) is 16.9. The summed E-state index contributed by atoms with van der Waals surface area (Å²) in [6, 6.07) is 29.8. The number of esters is 1. The molecular weight excluding hydrogens is 685 g/mol. The van der Waals surface area contributed by atoms with Crippen molar-refractivity contribution < 1.29 is 34.0 Å². The molecule has 2 heterocycles. The van der Waals surface area contributed by atoms with Gasteiger partial charge in [-0.25, -0.2) is 4.79 Å². The molecule has 14 heteroatoms. The maximum Gasteiger partial charge on any atom is 0.325 e. The van der Waals surface area contributed by atoms with Crippen molar-refractivity contribution in [2.45, 2.75) is 50.7 Å². The Hall–Kier alpha value is -5.28. The second-order valence-corrected chi connectivity index (χ2v) is 13.2. The van der Waals surface area contributed by atoms with E-state index in [0.717, 1.165) is 39.1 Å². The van der Waals surface area contributed by atoms with E-state index in [0.29, 0.717) is 10.9 Å². The summed E-state index contributed by atoms with van der Waals surface area (Å²) in [5.41, 5.74) is 6.23. The number of carbonyl (C=O) groups is 2. The van der Waals surface area contributed by atoms with Crippen LogP contribution in [-0.2, 0) is 32.2 Å². The van der Waals surface area contributed by atoms with Crippen LogP contribution < -0.4 is 10.6 Å². The van der Waals surface area contributed by atoms with E-state index in [1.165, 1.54) is 11.8 Å². The fraction of sp³-hybridized carbons (Fsp3) is 0.289. The van der Waals surface area contributed by atoms with E-state index >= 15 is 0 Å². The monoisotopic (exact) mass is 724 g/mol. The van der Waals surface area contributed by atoms with Crippen LogP contribution >= 0.6 is 11.8 Å². The number of nitrogens with one attached hydrogen (secondary N) is 2. The van der Waals surface area contributed by atoms with Gasteiger partial charge in [-0.05, 0) is 75.5 Å². The normalized spacial score (nSPS) is 18.4. The summed E-state index contributed by atoms with van der Waals surface area (Å²) in [6.45, 7) is 4.11. The van der Waals surface area contributed by atoms with Crippen molar-refractivity contribution >= 4 is 23.8 Å². The second-order valence-electron chi connectivity index (χ2n) is 12.2. The Balaban J connectivity index is 1.16. The second kappa shape index (κ2) is 17.3. The summed E-state index contributed by atoms with van der Waals surface area (Å²) in [5.74, 6) is 0.173. The fourth-order valence-corrected chi connectivity index (χ4v) is 6.85. The van der Waals surface area contributed by atoms with Crippen LogP contribution in [0.5, 0.6) is 5.75 Å². The molecule has 270 valence electrons. The third-order valence-electron chi connectivity index (χ3n) is 8.63. The molecule has 6 rings (SSSR count). The van der Waals surface area contributed by atoms with E-state index in [4.69, 9.17) is 14.2 Å². The molecule has 0 unspecified atom stereocenters. The Morgan fingerprint density at radius 3 is 2.38 bits per heavy atom. The number of aromatic nitrogens is 4. The van der Waals surface area contributed by atoms with Crippen LogP contribution in [0.25, 0.3) is 16.8 Å². The molecule has 1 aliphatic heterocycles. The molecule has 0 saturated carbocycles. The van der Waals surface area contributed by atoms with Crippen molar-refractivity contribution in [3.63, 3.8) is 0 Å². The number of ether oxygens (including phenoxy) is 3. The van der Waals surface area contributed by atoms with Crippen LogP contribution in [0.3, 0.4) is 0 Å². The van der Waals surface area contributed by atoms with Crippen LogP contribution in [-0.4, -0.2) is 67.4 Å². The Morgan fingerprint density at radius 1 is 0.904 bits per heavy atom. The van der Waals surface area contributed by atoms with Crippen molar-refractivity contribution in [2.24, 2.45) is 5.92 Å². The molecule has 4 aromatic carbocycles. The smallest absolute Gasteiger partial charge is 0.325 e. The molecule has 1 aliphatic rings. The molecule has 0 radical (unpaired) electrons. The molecule has 13 nitrogen and oxygen atoms in total. The molecule has 52 heavy (non-hydrogen) atoms. The van der Waals surface area contributed by atoms with Gasteiger partial charge < -0.3 is 35.1 Å². The number of rotatable bonds is 13. The number of tetrazole rings is 1. The summed E-state index contributed by atoms with van der Waals surface area (Å²) in [5, 5.41) is 37.4. The van der Waals surface area contributed by atoms with Gasteiger partial charge in [0.25, 0.3) is 0 Å². The van der Waals surface area contributed by atoms with Gasteiger partial charge in [0.15, 0.2) is 6.29 Å². The predicted octanol–water partition coefficient (Wildman–Crippen LogP) is 5.47. The number of phenolic OH excluding ortho intramolecular Hbond substituents is 1. The molecule has 5 aromatic rings. The maximum absolute atomic E-state index is 12.2. The lowest BCUT2D eigenvalue weighted by Crippen LogP contribution is -2.38. The summed E-state index contributed by atoms with van der Waals surface area (Å²) in [6.07, 6.45) is -1.19. The average molecular weight is 725 g/mol. The number of amides is 2. The highest BCUT2D eigenvalue weighted by atomic mass is 32.2. The number of thioether (sulfide) groups is 1. The van der Waals surface area contributed by atoms with Gasteiger partial charge in [0.05, 0.1) is 31.1 Å². The number of phenols is 1. The Kier molecular flexibility index (Phi) is 12.1. The molecule has 4 N–H and O–H groups in total. The molecule has 1 aromatic heterocycles. The number of hydrogen-bond acceptors (Lipinski definition) is 11. The minimum absolute atomic E-state index is 0.0374. The van der Waals surface area contributed by atoms with E-state index < -0.39 is 18.3 Å². The zero-order valence-electron chi connectivity index (χ0n) is 28.7. The van der Waals surface area contributed by atoms with Gasteiger partial charge in [-0.1, -0.05) is 85.4 Å². The molecule has 0 spiro atoms. The molecule has 2 amide bonds. The number of aliphatic hydroxyl groups is 1. The maximum atomic E-state index is 12.2.